The Balaban J connectivity index is 1.88. The third kappa shape index (κ3) is 4.95. The number of anilines is 1. The van der Waals surface area contributed by atoms with Crippen molar-refractivity contribution in [3.8, 4) is 11.8 Å². The molecule has 0 aliphatic heterocycles. The smallest absolute Gasteiger partial charge is 0.371 e. The summed E-state index contributed by atoms with van der Waals surface area (Å²) in [7, 11) is -4.10. The van der Waals surface area contributed by atoms with Crippen LogP contribution < -0.4 is 14.2 Å². The van der Waals surface area contributed by atoms with Gasteiger partial charge >= 0.3 is 10.3 Å². The van der Waals surface area contributed by atoms with Crippen LogP contribution in [0.4, 0.5) is 5.69 Å². The zero-order valence-corrected chi connectivity index (χ0v) is 16.1. The minimum Gasteiger partial charge on any atom is -0.371 e. The number of nitrogens with zero attached hydrogens (tertiary/aromatic N) is 2. The van der Waals surface area contributed by atoms with Crippen LogP contribution in [0.2, 0.25) is 0 Å². The standard InChI is InChI=1S/C19H15N3O4S2/c20-11-14-1-5-17(6-2-14)22(19(23)16-9-10-27-13-16)12-15-3-7-18(8-4-15)26-28(21,24)25/h1-10,13H,12H2,(H2,21,24,25). The predicted octanol–water partition coefficient (Wildman–Crippen LogP) is 3.05. The highest BCUT2D eigenvalue weighted by Crippen LogP contribution is 2.23. The fourth-order valence-electron chi connectivity index (χ4n) is 2.51. The van der Waals surface area contributed by atoms with Crippen LogP contribution in [0.5, 0.6) is 5.75 Å². The quantitative estimate of drug-likeness (QED) is 0.667. The minimum atomic E-state index is -4.10. The molecule has 2 aromatic carbocycles. The second kappa shape index (κ2) is 8.22. The van der Waals surface area contributed by atoms with E-state index in [-0.39, 0.29) is 18.2 Å². The van der Waals surface area contributed by atoms with Gasteiger partial charge in [-0.3, -0.25) is 4.79 Å². The second-order valence-corrected chi connectivity index (χ2v) is 7.71. The summed E-state index contributed by atoms with van der Waals surface area (Å²) in [5, 5.41) is 17.4. The molecule has 2 N–H and O–H groups in total. The Morgan fingerprint density at radius 2 is 1.79 bits per heavy atom. The maximum absolute atomic E-state index is 13.0. The minimum absolute atomic E-state index is 0.0836. The molecule has 0 unspecified atom stereocenters. The Labute approximate surface area is 166 Å². The molecule has 0 fully saturated rings. The average Bonchev–Trinajstić information content (AvgIpc) is 3.21. The van der Waals surface area contributed by atoms with Crippen LogP contribution in [0.15, 0.2) is 65.4 Å². The Bertz CT molecular complexity index is 1100. The topological polar surface area (TPSA) is 113 Å². The van der Waals surface area contributed by atoms with Crippen molar-refractivity contribution in [2.45, 2.75) is 6.54 Å². The van der Waals surface area contributed by atoms with Crippen molar-refractivity contribution in [1.82, 2.24) is 0 Å². The van der Waals surface area contributed by atoms with Crippen LogP contribution >= 0.6 is 11.3 Å². The Morgan fingerprint density at radius 3 is 2.32 bits per heavy atom. The highest BCUT2D eigenvalue weighted by Gasteiger charge is 2.19. The molecule has 1 aromatic heterocycles. The van der Waals surface area contributed by atoms with Crippen LogP contribution in [0.3, 0.4) is 0 Å². The first kappa shape index (κ1) is 19.6. The van der Waals surface area contributed by atoms with Crippen molar-refractivity contribution in [3.63, 3.8) is 0 Å². The summed E-state index contributed by atoms with van der Waals surface area (Å²) in [5.74, 6) is -0.101. The summed E-state index contributed by atoms with van der Waals surface area (Å²) < 4.78 is 26.6. The van der Waals surface area contributed by atoms with Crippen LogP contribution in [-0.2, 0) is 16.8 Å². The second-order valence-electron chi connectivity index (χ2n) is 5.78. The van der Waals surface area contributed by atoms with Crippen molar-refractivity contribution in [2.24, 2.45) is 5.14 Å². The number of thiophene rings is 1. The van der Waals surface area contributed by atoms with Gasteiger partial charge in [0.05, 0.1) is 23.7 Å². The molecule has 9 heteroatoms. The fraction of sp³-hybridized carbons (Fsp3) is 0.0526. The van der Waals surface area contributed by atoms with E-state index in [1.54, 1.807) is 52.7 Å². The van der Waals surface area contributed by atoms with Crippen molar-refractivity contribution in [3.05, 3.63) is 82.0 Å². The van der Waals surface area contributed by atoms with Gasteiger partial charge in [0.15, 0.2) is 0 Å². The molecule has 7 nitrogen and oxygen atoms in total. The molecule has 0 bridgehead atoms. The zero-order valence-electron chi connectivity index (χ0n) is 14.5. The van der Waals surface area contributed by atoms with Crippen LogP contribution in [0, 0.1) is 11.3 Å². The fourth-order valence-corrected chi connectivity index (χ4v) is 3.51. The first-order chi connectivity index (χ1) is 13.4. The van der Waals surface area contributed by atoms with Crippen LogP contribution in [-0.4, -0.2) is 14.3 Å². The van der Waals surface area contributed by atoms with Crippen molar-refractivity contribution >= 4 is 33.2 Å². The molecule has 0 saturated heterocycles. The normalized spacial score (nSPS) is 10.9. The molecule has 142 valence electrons. The molecule has 0 atom stereocenters. The molecule has 3 aromatic rings. The summed E-state index contributed by atoms with van der Waals surface area (Å²) in [6.07, 6.45) is 0. The van der Waals surface area contributed by atoms with Gasteiger partial charge < -0.3 is 9.08 Å². The van der Waals surface area contributed by atoms with Gasteiger partial charge in [-0.1, -0.05) is 12.1 Å². The van der Waals surface area contributed by atoms with Crippen molar-refractivity contribution < 1.29 is 17.4 Å². The zero-order chi connectivity index (χ0) is 20.1. The van der Waals surface area contributed by atoms with E-state index in [2.05, 4.69) is 4.18 Å². The van der Waals surface area contributed by atoms with Crippen molar-refractivity contribution in [1.29, 1.82) is 5.26 Å². The Hall–Kier alpha value is -3.19. The summed E-state index contributed by atoms with van der Waals surface area (Å²) in [6.45, 7) is 0.246. The number of hydrogen-bond acceptors (Lipinski definition) is 6. The van der Waals surface area contributed by atoms with Gasteiger partial charge in [-0.2, -0.15) is 30.2 Å². The number of hydrogen-bond donors (Lipinski definition) is 1. The number of carbonyl (C=O) groups is 1. The van der Waals surface area contributed by atoms with E-state index in [1.807, 2.05) is 11.4 Å². The van der Waals surface area contributed by atoms with Gasteiger partial charge in [-0.05, 0) is 53.4 Å². The van der Waals surface area contributed by atoms with E-state index in [1.165, 1.54) is 23.5 Å². The molecule has 1 heterocycles. The third-order valence-corrected chi connectivity index (χ3v) is 4.91. The lowest BCUT2D eigenvalue weighted by atomic mass is 10.1. The molecule has 0 saturated carbocycles. The molecule has 0 spiro atoms. The first-order valence-electron chi connectivity index (χ1n) is 8.01. The maximum atomic E-state index is 13.0. The molecule has 0 radical (unpaired) electrons. The SMILES string of the molecule is N#Cc1ccc(N(Cc2ccc(OS(N)(=O)=O)cc2)C(=O)c2ccsc2)cc1. The number of rotatable bonds is 6. The number of benzene rings is 2. The van der Waals surface area contributed by atoms with E-state index >= 15 is 0 Å². The molecule has 0 aliphatic rings. The molecule has 1 amide bonds. The lowest BCUT2D eigenvalue weighted by molar-refractivity contribution is 0.0985. The number of carbonyl (C=O) groups excluding carboxylic acids is 1. The van der Waals surface area contributed by atoms with E-state index in [4.69, 9.17) is 10.4 Å². The number of nitriles is 1. The van der Waals surface area contributed by atoms with E-state index in [9.17, 15) is 13.2 Å². The van der Waals surface area contributed by atoms with Gasteiger partial charge in [0, 0.05) is 11.1 Å². The number of amides is 1. The van der Waals surface area contributed by atoms with Gasteiger partial charge in [-0.15, -0.1) is 0 Å². The lowest BCUT2D eigenvalue weighted by Gasteiger charge is -2.23. The highest BCUT2D eigenvalue weighted by molar-refractivity contribution is 7.84. The van der Waals surface area contributed by atoms with Gasteiger partial charge in [-0.25, -0.2) is 0 Å². The van der Waals surface area contributed by atoms with E-state index in [0.29, 0.717) is 16.8 Å². The van der Waals surface area contributed by atoms with Gasteiger partial charge in [0.1, 0.15) is 5.75 Å². The Kier molecular flexibility index (Phi) is 5.75. The number of nitrogens with two attached hydrogens (primary N) is 1. The molecular formula is C19H15N3O4S2. The Morgan fingerprint density at radius 1 is 1.11 bits per heavy atom. The van der Waals surface area contributed by atoms with Gasteiger partial charge in [0.2, 0.25) is 0 Å². The summed E-state index contributed by atoms with van der Waals surface area (Å²) in [5.41, 5.74) is 2.45. The largest absolute Gasteiger partial charge is 0.380 e. The maximum Gasteiger partial charge on any atom is 0.380 e. The molecule has 0 aliphatic carbocycles. The predicted molar refractivity (Wildman–Crippen MR) is 106 cm³/mol. The molecular weight excluding hydrogens is 398 g/mol. The van der Waals surface area contributed by atoms with E-state index < -0.39 is 10.3 Å². The van der Waals surface area contributed by atoms with E-state index in [0.717, 1.165) is 5.56 Å². The van der Waals surface area contributed by atoms with Crippen LogP contribution in [0.1, 0.15) is 21.5 Å². The average molecular weight is 413 g/mol. The molecule has 28 heavy (non-hydrogen) atoms. The summed E-state index contributed by atoms with van der Waals surface area (Å²) >= 11 is 1.42. The lowest BCUT2D eigenvalue weighted by Crippen LogP contribution is -2.30. The third-order valence-electron chi connectivity index (χ3n) is 3.80. The molecule has 3 rings (SSSR count). The van der Waals surface area contributed by atoms with Crippen molar-refractivity contribution in [2.75, 3.05) is 4.90 Å². The van der Waals surface area contributed by atoms with Gasteiger partial charge in [0.25, 0.3) is 5.91 Å². The van der Waals surface area contributed by atoms with Crippen LogP contribution in [0.25, 0.3) is 0 Å². The summed E-state index contributed by atoms with van der Waals surface area (Å²) in [4.78, 5) is 14.5. The first-order valence-corrected chi connectivity index (χ1v) is 10.4. The summed E-state index contributed by atoms with van der Waals surface area (Å²) in [6, 6.07) is 16.7. The monoisotopic (exact) mass is 413 g/mol. The highest BCUT2D eigenvalue weighted by atomic mass is 32.2.